The SMILES string of the molecule is CC(C)CC(C)(CN)NC(=O)c1ccc(NC(=O)NC(C)C)cc1.Cl. The summed E-state index contributed by atoms with van der Waals surface area (Å²) in [4.78, 5) is 24.1. The molecule has 1 aromatic carbocycles. The number of nitrogens with one attached hydrogen (secondary N) is 3. The predicted molar refractivity (Wildman–Crippen MR) is 105 cm³/mol. The van der Waals surface area contributed by atoms with Gasteiger partial charge >= 0.3 is 6.03 Å². The van der Waals surface area contributed by atoms with E-state index in [9.17, 15) is 9.59 Å². The number of urea groups is 1. The van der Waals surface area contributed by atoms with E-state index in [1.807, 2.05) is 20.8 Å². The van der Waals surface area contributed by atoms with E-state index in [-0.39, 0.29) is 30.4 Å². The third-order valence-corrected chi connectivity index (χ3v) is 3.55. The molecule has 0 radical (unpaired) electrons. The van der Waals surface area contributed by atoms with Crippen molar-refractivity contribution in [2.45, 2.75) is 52.6 Å². The zero-order chi connectivity index (χ0) is 18.3. The highest BCUT2D eigenvalue weighted by molar-refractivity contribution is 5.96. The molecule has 0 fully saturated rings. The Balaban J connectivity index is 0.00000576. The third kappa shape index (κ3) is 8.23. The molecule has 3 amide bonds. The second kappa shape index (κ2) is 10.3. The smallest absolute Gasteiger partial charge is 0.319 e. The van der Waals surface area contributed by atoms with E-state index in [4.69, 9.17) is 5.73 Å². The van der Waals surface area contributed by atoms with Crippen molar-refractivity contribution in [3.8, 4) is 0 Å². The van der Waals surface area contributed by atoms with Gasteiger partial charge in [-0.3, -0.25) is 4.79 Å². The Bertz CT molecular complexity index is 561. The van der Waals surface area contributed by atoms with E-state index in [1.165, 1.54) is 0 Å². The van der Waals surface area contributed by atoms with Crippen molar-refractivity contribution >= 4 is 30.0 Å². The highest BCUT2D eigenvalue weighted by atomic mass is 35.5. The summed E-state index contributed by atoms with van der Waals surface area (Å²) in [6, 6.07) is 6.58. The average Bonchev–Trinajstić information content (AvgIpc) is 2.46. The minimum absolute atomic E-state index is 0. The Hall–Kier alpha value is -1.79. The second-order valence-corrected chi connectivity index (χ2v) is 7.15. The molecule has 0 aliphatic rings. The maximum atomic E-state index is 12.4. The summed E-state index contributed by atoms with van der Waals surface area (Å²) in [6.07, 6.45) is 0.810. The van der Waals surface area contributed by atoms with Crippen LogP contribution in [0.5, 0.6) is 0 Å². The number of anilines is 1. The normalized spacial score (nSPS) is 13.0. The monoisotopic (exact) mass is 370 g/mol. The highest BCUT2D eigenvalue weighted by Crippen LogP contribution is 2.17. The molecule has 0 saturated carbocycles. The van der Waals surface area contributed by atoms with Crippen LogP contribution in [0.15, 0.2) is 24.3 Å². The lowest BCUT2D eigenvalue weighted by Gasteiger charge is -2.31. The fraction of sp³-hybridized carbons (Fsp3) is 0.556. The quantitative estimate of drug-likeness (QED) is 0.593. The minimum Gasteiger partial charge on any atom is -0.346 e. The lowest BCUT2D eigenvalue weighted by molar-refractivity contribution is 0.0898. The summed E-state index contributed by atoms with van der Waals surface area (Å²) < 4.78 is 0. The number of halogens is 1. The van der Waals surface area contributed by atoms with Gasteiger partial charge in [0.2, 0.25) is 0 Å². The molecular formula is C18H31ClN4O2. The molecule has 1 unspecified atom stereocenters. The highest BCUT2D eigenvalue weighted by Gasteiger charge is 2.26. The molecule has 142 valence electrons. The summed E-state index contributed by atoms with van der Waals surface area (Å²) >= 11 is 0. The third-order valence-electron chi connectivity index (χ3n) is 3.55. The first-order valence-corrected chi connectivity index (χ1v) is 8.35. The topological polar surface area (TPSA) is 96.2 Å². The molecule has 0 aliphatic carbocycles. The predicted octanol–water partition coefficient (Wildman–Crippen LogP) is 3.13. The first-order chi connectivity index (χ1) is 11.1. The first kappa shape index (κ1) is 23.2. The summed E-state index contributed by atoms with van der Waals surface area (Å²) in [5.41, 5.74) is 6.57. The maximum absolute atomic E-state index is 12.4. The number of amides is 3. The van der Waals surface area contributed by atoms with Crippen molar-refractivity contribution in [1.82, 2.24) is 10.6 Å². The summed E-state index contributed by atoms with van der Waals surface area (Å²) in [5.74, 6) is 0.270. The lowest BCUT2D eigenvalue weighted by Crippen LogP contribution is -2.52. The van der Waals surface area contributed by atoms with Gasteiger partial charge in [-0.15, -0.1) is 12.4 Å². The van der Waals surface area contributed by atoms with Gasteiger partial charge in [0.15, 0.2) is 0 Å². The van der Waals surface area contributed by atoms with Crippen LogP contribution in [-0.4, -0.2) is 30.1 Å². The van der Waals surface area contributed by atoms with Crippen molar-refractivity contribution in [2.24, 2.45) is 11.7 Å². The summed E-state index contributed by atoms with van der Waals surface area (Å²) in [5, 5.41) is 8.48. The zero-order valence-corrected chi connectivity index (χ0v) is 16.5. The number of nitrogens with two attached hydrogens (primary N) is 1. The molecule has 1 rings (SSSR count). The molecule has 25 heavy (non-hydrogen) atoms. The van der Waals surface area contributed by atoms with Crippen LogP contribution < -0.4 is 21.7 Å². The molecule has 0 aromatic heterocycles. The Morgan fingerprint density at radius 3 is 2.12 bits per heavy atom. The van der Waals surface area contributed by atoms with E-state index in [0.29, 0.717) is 23.7 Å². The van der Waals surface area contributed by atoms with Crippen LogP contribution in [0.2, 0.25) is 0 Å². The maximum Gasteiger partial charge on any atom is 0.319 e. The Morgan fingerprint density at radius 1 is 1.12 bits per heavy atom. The van der Waals surface area contributed by atoms with Gasteiger partial charge in [-0.25, -0.2) is 4.79 Å². The van der Waals surface area contributed by atoms with Crippen molar-refractivity contribution in [3.05, 3.63) is 29.8 Å². The second-order valence-electron chi connectivity index (χ2n) is 7.15. The molecule has 0 aliphatic heterocycles. The number of carbonyl (C=O) groups excluding carboxylic acids is 2. The van der Waals surface area contributed by atoms with Crippen LogP contribution in [0.4, 0.5) is 10.5 Å². The number of rotatable bonds is 7. The van der Waals surface area contributed by atoms with E-state index < -0.39 is 5.54 Å². The van der Waals surface area contributed by atoms with Crippen LogP contribution in [0.3, 0.4) is 0 Å². The van der Waals surface area contributed by atoms with Gasteiger partial charge in [-0.1, -0.05) is 13.8 Å². The van der Waals surface area contributed by atoms with Gasteiger partial charge in [-0.05, 0) is 57.4 Å². The van der Waals surface area contributed by atoms with Crippen molar-refractivity contribution in [3.63, 3.8) is 0 Å². The van der Waals surface area contributed by atoms with Crippen molar-refractivity contribution < 1.29 is 9.59 Å². The molecule has 6 nitrogen and oxygen atoms in total. The average molecular weight is 371 g/mol. The largest absolute Gasteiger partial charge is 0.346 e. The summed E-state index contributed by atoms with van der Waals surface area (Å²) in [6.45, 7) is 10.3. The standard InChI is InChI=1S/C18H30N4O2.ClH/c1-12(2)10-18(5,11-19)22-16(23)14-6-8-15(9-7-14)21-17(24)20-13(3)4;/h6-9,12-13H,10-11,19H2,1-5H3,(H,22,23)(H2,20,21,24);1H. The molecular weight excluding hydrogens is 340 g/mol. The lowest BCUT2D eigenvalue weighted by atomic mass is 9.90. The molecule has 0 bridgehead atoms. The number of hydrogen-bond acceptors (Lipinski definition) is 3. The van der Waals surface area contributed by atoms with Crippen LogP contribution >= 0.6 is 12.4 Å². The summed E-state index contributed by atoms with van der Waals surface area (Å²) in [7, 11) is 0. The molecule has 7 heteroatoms. The Morgan fingerprint density at radius 2 is 1.68 bits per heavy atom. The molecule has 0 saturated heterocycles. The number of carbonyl (C=O) groups is 2. The molecule has 0 heterocycles. The van der Waals surface area contributed by atoms with Crippen molar-refractivity contribution in [1.29, 1.82) is 0 Å². The Labute approximate surface area is 156 Å². The molecule has 1 aromatic rings. The van der Waals surface area contributed by atoms with E-state index in [2.05, 4.69) is 29.8 Å². The fourth-order valence-corrected chi connectivity index (χ4v) is 2.57. The minimum atomic E-state index is -0.431. The van der Waals surface area contributed by atoms with Gasteiger partial charge in [0.1, 0.15) is 0 Å². The fourth-order valence-electron chi connectivity index (χ4n) is 2.57. The van der Waals surface area contributed by atoms with Gasteiger partial charge in [0, 0.05) is 29.4 Å². The van der Waals surface area contributed by atoms with E-state index in [1.54, 1.807) is 24.3 Å². The number of benzene rings is 1. The van der Waals surface area contributed by atoms with Crippen LogP contribution in [0.25, 0.3) is 0 Å². The van der Waals surface area contributed by atoms with E-state index >= 15 is 0 Å². The molecule has 0 spiro atoms. The van der Waals surface area contributed by atoms with Crippen LogP contribution in [0.1, 0.15) is 51.4 Å². The molecule has 5 N–H and O–H groups in total. The molecule has 1 atom stereocenters. The van der Waals surface area contributed by atoms with E-state index in [0.717, 1.165) is 6.42 Å². The van der Waals surface area contributed by atoms with Crippen LogP contribution in [-0.2, 0) is 0 Å². The number of hydrogen-bond donors (Lipinski definition) is 4. The van der Waals surface area contributed by atoms with Gasteiger partial charge in [0.25, 0.3) is 5.91 Å². The van der Waals surface area contributed by atoms with Crippen LogP contribution in [0, 0.1) is 5.92 Å². The van der Waals surface area contributed by atoms with Crippen molar-refractivity contribution in [2.75, 3.05) is 11.9 Å². The van der Waals surface area contributed by atoms with Gasteiger partial charge < -0.3 is 21.7 Å². The first-order valence-electron chi connectivity index (χ1n) is 8.35. The van der Waals surface area contributed by atoms with Gasteiger partial charge in [0.05, 0.1) is 0 Å². The zero-order valence-electron chi connectivity index (χ0n) is 15.7. The Kier molecular flexibility index (Phi) is 9.52. The van der Waals surface area contributed by atoms with Gasteiger partial charge in [-0.2, -0.15) is 0 Å².